The van der Waals surface area contributed by atoms with Crippen molar-refractivity contribution in [1.29, 1.82) is 0 Å². The number of likely N-dealkylation sites (tertiary alicyclic amines) is 1. The molecule has 30 heavy (non-hydrogen) atoms. The van der Waals surface area contributed by atoms with Gasteiger partial charge in [-0.25, -0.2) is 4.90 Å². The third-order valence-corrected chi connectivity index (χ3v) is 6.21. The largest absolute Gasteiger partial charge is 0.497 e. The highest BCUT2D eigenvalue weighted by molar-refractivity contribution is 6.29. The molecule has 0 aromatic heterocycles. The molecule has 1 saturated heterocycles. The number of carbonyl (C=O) groups excluding carboxylic acids is 2. The van der Waals surface area contributed by atoms with E-state index in [9.17, 15) is 9.59 Å². The lowest BCUT2D eigenvalue weighted by Crippen LogP contribution is -3.13. The van der Waals surface area contributed by atoms with E-state index in [1.165, 1.54) is 24.3 Å². The fourth-order valence-electron chi connectivity index (χ4n) is 4.54. The van der Waals surface area contributed by atoms with Gasteiger partial charge >= 0.3 is 0 Å². The number of carbonyl (C=O) groups is 2. The maximum absolute atomic E-state index is 13.4. The van der Waals surface area contributed by atoms with E-state index in [1.54, 1.807) is 48.6 Å². The molecule has 2 amide bonds. The van der Waals surface area contributed by atoms with Gasteiger partial charge in [-0.3, -0.25) is 14.6 Å². The number of nitrogens with one attached hydrogen (secondary N) is 1. The molecule has 0 radical (unpaired) electrons. The van der Waals surface area contributed by atoms with E-state index in [1.807, 2.05) is 18.2 Å². The Balaban J connectivity index is 1.63. The molecule has 1 fully saturated rings. The smallest absolute Gasteiger partial charge is 0.265 e. The number of nitrogens with zero attached hydrogens (tertiary/aromatic N) is 2. The second-order valence-electron chi connectivity index (χ2n) is 7.86. The summed E-state index contributed by atoms with van der Waals surface area (Å²) in [7, 11) is 1.58. The Hall–Kier alpha value is -2.99. The minimum absolute atomic E-state index is 0.265. The summed E-state index contributed by atoms with van der Waals surface area (Å²) in [6, 6.07) is 14.8. The maximum atomic E-state index is 13.4. The first-order valence-corrected chi connectivity index (χ1v) is 10.6. The lowest BCUT2D eigenvalue weighted by atomic mass is 9.89. The quantitative estimate of drug-likeness (QED) is 0.590. The fraction of sp³-hybridized carbons (Fsp3) is 0.375. The molecule has 2 unspecified atom stereocenters. The topological polar surface area (TPSA) is 63.4 Å². The summed E-state index contributed by atoms with van der Waals surface area (Å²) in [5.41, 5.74) is 1.81. The molecular formula is C24H28N3O3+. The number of hydrogen-bond acceptors (Lipinski definition) is 4. The van der Waals surface area contributed by atoms with Crippen molar-refractivity contribution >= 4 is 23.7 Å². The van der Waals surface area contributed by atoms with Crippen LogP contribution in [0.1, 0.15) is 41.6 Å². The Labute approximate surface area is 177 Å². The Bertz CT molecular complexity index is 954. The van der Waals surface area contributed by atoms with Gasteiger partial charge in [-0.05, 0) is 42.8 Å². The zero-order valence-electron chi connectivity index (χ0n) is 17.5. The summed E-state index contributed by atoms with van der Waals surface area (Å²) >= 11 is 0. The van der Waals surface area contributed by atoms with Crippen molar-refractivity contribution in [3.8, 4) is 5.75 Å². The number of likely N-dealkylation sites (N-methyl/N-ethyl adjacent to an activating group) is 1. The molecule has 6 heteroatoms. The van der Waals surface area contributed by atoms with Crippen molar-refractivity contribution in [2.45, 2.75) is 31.7 Å². The predicted octanol–water partition coefficient (Wildman–Crippen LogP) is 2.10. The molecule has 2 aromatic carbocycles. The van der Waals surface area contributed by atoms with Crippen LogP contribution in [0.25, 0.3) is 0 Å². The maximum Gasteiger partial charge on any atom is 0.265 e. The summed E-state index contributed by atoms with van der Waals surface area (Å²) in [4.78, 5) is 34.0. The minimum atomic E-state index is -0.563. The number of imide groups is 1. The molecule has 0 bridgehead atoms. The highest BCUT2D eigenvalue weighted by Gasteiger charge is 2.39. The molecule has 3 atom stereocenters. The molecule has 2 aromatic rings. The summed E-state index contributed by atoms with van der Waals surface area (Å²) in [5.74, 6) is -0.456. The van der Waals surface area contributed by atoms with Gasteiger partial charge in [-0.15, -0.1) is 0 Å². The van der Waals surface area contributed by atoms with E-state index >= 15 is 0 Å². The first kappa shape index (κ1) is 20.3. The predicted molar refractivity (Wildman–Crippen MR) is 117 cm³/mol. The number of anilines is 1. The molecule has 0 saturated carbocycles. The van der Waals surface area contributed by atoms with Crippen LogP contribution in [0.3, 0.4) is 0 Å². The molecule has 0 spiro atoms. The van der Waals surface area contributed by atoms with Gasteiger partial charge in [-0.2, -0.15) is 0 Å². The highest BCUT2D eigenvalue weighted by Crippen LogP contribution is 2.32. The zero-order valence-corrected chi connectivity index (χ0v) is 17.5. The average molecular weight is 407 g/mol. The Morgan fingerprint density at radius 1 is 1.17 bits per heavy atom. The van der Waals surface area contributed by atoms with Crippen LogP contribution in [-0.4, -0.2) is 50.8 Å². The first-order chi connectivity index (χ1) is 14.6. The molecule has 6 nitrogen and oxygen atoms in total. The van der Waals surface area contributed by atoms with Crippen LogP contribution in [0.2, 0.25) is 0 Å². The van der Waals surface area contributed by atoms with Crippen molar-refractivity contribution < 1.29 is 19.2 Å². The third kappa shape index (κ3) is 3.75. The summed E-state index contributed by atoms with van der Waals surface area (Å²) in [6.07, 6.45) is 4.15. The van der Waals surface area contributed by atoms with Crippen LogP contribution >= 0.6 is 0 Å². The van der Waals surface area contributed by atoms with E-state index in [2.05, 4.69) is 11.9 Å². The van der Waals surface area contributed by atoms with Gasteiger partial charge < -0.3 is 9.64 Å². The molecule has 2 aliphatic heterocycles. The van der Waals surface area contributed by atoms with Crippen molar-refractivity contribution in [2.24, 2.45) is 4.99 Å². The molecule has 0 aliphatic carbocycles. The van der Waals surface area contributed by atoms with Gasteiger partial charge in [0.05, 0.1) is 38.3 Å². The normalized spacial score (nSPS) is 23.8. The number of amides is 2. The standard InChI is InChI=1S/C24H27N3O3/c1-3-26-14-6-7-18(26)15-25-16-22-20-8-4-5-9-21(20)23(28)27(24(22)29)17-10-12-19(30-2)13-11-17/h4-5,8-13,16,18,22H,3,6-7,14-15H2,1-2H3/p+1/t18-,22?/m0/s1. The summed E-state index contributed by atoms with van der Waals surface area (Å²) in [6.45, 7) is 5.22. The number of benzene rings is 2. The SMILES string of the molecule is CC[NH+]1CCC[C@H]1CN=CC1C(=O)N(c2ccc(OC)cc2)C(=O)c2ccccc21. The van der Waals surface area contributed by atoms with Crippen molar-refractivity contribution in [3.63, 3.8) is 0 Å². The lowest BCUT2D eigenvalue weighted by molar-refractivity contribution is -0.908. The van der Waals surface area contributed by atoms with Gasteiger partial charge in [0.15, 0.2) is 0 Å². The number of methoxy groups -OCH3 is 1. The Kier molecular flexibility index (Phi) is 5.95. The number of hydrogen-bond donors (Lipinski definition) is 1. The third-order valence-electron chi connectivity index (χ3n) is 6.21. The Morgan fingerprint density at radius 3 is 2.67 bits per heavy atom. The van der Waals surface area contributed by atoms with Crippen molar-refractivity contribution in [2.75, 3.05) is 31.6 Å². The highest BCUT2D eigenvalue weighted by atomic mass is 16.5. The second-order valence-corrected chi connectivity index (χ2v) is 7.86. The van der Waals surface area contributed by atoms with Crippen molar-refractivity contribution in [3.05, 3.63) is 59.7 Å². The number of ether oxygens (including phenoxy) is 1. The monoisotopic (exact) mass is 406 g/mol. The van der Waals surface area contributed by atoms with Gasteiger partial charge in [0.2, 0.25) is 5.91 Å². The fourth-order valence-corrected chi connectivity index (χ4v) is 4.54. The van der Waals surface area contributed by atoms with E-state index in [0.717, 1.165) is 12.1 Å². The van der Waals surface area contributed by atoms with E-state index < -0.39 is 5.92 Å². The van der Waals surface area contributed by atoms with Gasteiger partial charge in [0.1, 0.15) is 11.8 Å². The van der Waals surface area contributed by atoms with Crippen LogP contribution in [0, 0.1) is 0 Å². The minimum Gasteiger partial charge on any atom is -0.497 e. The molecule has 2 heterocycles. The lowest BCUT2D eigenvalue weighted by Gasteiger charge is -2.31. The number of quaternary nitrogens is 1. The zero-order chi connectivity index (χ0) is 21.1. The first-order valence-electron chi connectivity index (χ1n) is 10.6. The Morgan fingerprint density at radius 2 is 1.93 bits per heavy atom. The van der Waals surface area contributed by atoms with Gasteiger partial charge in [0, 0.05) is 24.6 Å². The van der Waals surface area contributed by atoms with Crippen LogP contribution in [0.4, 0.5) is 5.69 Å². The number of rotatable bonds is 6. The summed E-state index contributed by atoms with van der Waals surface area (Å²) < 4.78 is 5.20. The van der Waals surface area contributed by atoms with E-state index in [0.29, 0.717) is 29.6 Å². The van der Waals surface area contributed by atoms with Crippen LogP contribution in [0.5, 0.6) is 5.75 Å². The average Bonchev–Trinajstić information content (AvgIpc) is 3.24. The van der Waals surface area contributed by atoms with Gasteiger partial charge in [0.25, 0.3) is 5.91 Å². The van der Waals surface area contributed by atoms with Crippen LogP contribution in [0.15, 0.2) is 53.5 Å². The number of fused-ring (bicyclic) bond motifs is 1. The van der Waals surface area contributed by atoms with Crippen LogP contribution < -0.4 is 14.5 Å². The van der Waals surface area contributed by atoms with E-state index in [4.69, 9.17) is 4.74 Å². The summed E-state index contributed by atoms with van der Waals surface area (Å²) in [5, 5.41) is 0. The van der Waals surface area contributed by atoms with E-state index in [-0.39, 0.29) is 11.8 Å². The second kappa shape index (κ2) is 8.79. The molecule has 4 rings (SSSR count). The molecule has 156 valence electrons. The number of aliphatic imine (C=N–C) groups is 1. The van der Waals surface area contributed by atoms with Crippen LogP contribution in [-0.2, 0) is 4.79 Å². The molecular weight excluding hydrogens is 378 g/mol. The van der Waals surface area contributed by atoms with Crippen molar-refractivity contribution in [1.82, 2.24) is 0 Å². The van der Waals surface area contributed by atoms with Gasteiger partial charge in [-0.1, -0.05) is 18.2 Å². The molecule has 2 aliphatic rings. The molecule has 1 N–H and O–H groups in total.